The first-order valence-electron chi connectivity index (χ1n) is 7.03. The highest BCUT2D eigenvalue weighted by molar-refractivity contribution is 7.11. The molecular formula is C14H22N2O3S. The minimum atomic E-state index is -1.04. The van der Waals surface area contributed by atoms with E-state index in [0.29, 0.717) is 43.3 Å². The third-order valence-corrected chi connectivity index (χ3v) is 4.64. The van der Waals surface area contributed by atoms with E-state index in [1.165, 1.54) is 11.3 Å². The number of carbonyl (C=O) groups excluding carboxylic acids is 1. The quantitative estimate of drug-likeness (QED) is 0.889. The molecule has 0 unspecified atom stereocenters. The summed E-state index contributed by atoms with van der Waals surface area (Å²) in [7, 11) is 0. The summed E-state index contributed by atoms with van der Waals surface area (Å²) in [5.74, 6) is 0.250. The Morgan fingerprint density at radius 1 is 1.50 bits per heavy atom. The molecule has 1 saturated heterocycles. The van der Waals surface area contributed by atoms with Crippen LogP contribution in [0.25, 0.3) is 0 Å². The van der Waals surface area contributed by atoms with Crippen LogP contribution in [-0.4, -0.2) is 51.3 Å². The number of rotatable bonds is 3. The van der Waals surface area contributed by atoms with E-state index in [1.54, 1.807) is 4.90 Å². The van der Waals surface area contributed by atoms with E-state index in [-0.39, 0.29) is 12.5 Å². The molecule has 0 aliphatic carbocycles. The zero-order valence-corrected chi connectivity index (χ0v) is 12.8. The minimum Gasteiger partial charge on any atom is -0.393 e. The topological polar surface area (TPSA) is 73.7 Å². The Balaban J connectivity index is 2.05. The maximum Gasteiger partial charge on any atom is 0.282 e. The number of amides is 1. The third-order valence-electron chi connectivity index (χ3n) is 3.80. The number of aliphatic hydroxyl groups excluding tert-OH is 1. The van der Waals surface area contributed by atoms with E-state index in [1.807, 2.05) is 5.38 Å². The molecule has 2 rings (SSSR count). The third kappa shape index (κ3) is 3.37. The number of thiazole rings is 1. The zero-order valence-electron chi connectivity index (χ0n) is 12.0. The van der Waals surface area contributed by atoms with E-state index in [9.17, 15) is 15.0 Å². The Morgan fingerprint density at radius 2 is 2.25 bits per heavy atom. The Morgan fingerprint density at radius 3 is 2.85 bits per heavy atom. The molecule has 20 heavy (non-hydrogen) atoms. The highest BCUT2D eigenvalue weighted by Gasteiger charge is 2.31. The highest BCUT2D eigenvalue weighted by atomic mass is 32.1. The average Bonchev–Trinajstić information content (AvgIpc) is 2.83. The summed E-state index contributed by atoms with van der Waals surface area (Å²) in [6.07, 6.45) is 1.64. The zero-order chi connectivity index (χ0) is 14.8. The summed E-state index contributed by atoms with van der Waals surface area (Å²) < 4.78 is 0. The number of hydrogen-bond acceptors (Lipinski definition) is 5. The van der Waals surface area contributed by atoms with Gasteiger partial charge in [-0.1, -0.05) is 13.8 Å². The van der Waals surface area contributed by atoms with Crippen molar-refractivity contribution in [1.82, 2.24) is 9.88 Å². The molecule has 1 aliphatic rings. The van der Waals surface area contributed by atoms with Crippen molar-refractivity contribution in [2.24, 2.45) is 0 Å². The maximum atomic E-state index is 12.4. The number of aliphatic hydroxyl groups is 2. The van der Waals surface area contributed by atoms with Gasteiger partial charge in [0.15, 0.2) is 5.01 Å². The first-order valence-corrected chi connectivity index (χ1v) is 7.91. The second kappa shape index (κ2) is 6.20. The van der Waals surface area contributed by atoms with Gasteiger partial charge in [0.25, 0.3) is 5.91 Å². The summed E-state index contributed by atoms with van der Waals surface area (Å²) in [6.45, 7) is 4.93. The molecule has 112 valence electrons. The lowest BCUT2D eigenvalue weighted by molar-refractivity contribution is -0.0250. The molecule has 1 fully saturated rings. The SMILES string of the molecule is CC(C)c1csc(C(=O)N2CCC[C@@](O)(CO)CC2)n1. The number of likely N-dealkylation sites (tertiary alicyclic amines) is 1. The lowest BCUT2D eigenvalue weighted by atomic mass is 9.96. The van der Waals surface area contributed by atoms with Crippen LogP contribution in [0.1, 0.15) is 54.5 Å². The molecule has 0 saturated carbocycles. The lowest BCUT2D eigenvalue weighted by Crippen LogP contribution is -2.36. The van der Waals surface area contributed by atoms with Crippen molar-refractivity contribution < 1.29 is 15.0 Å². The number of hydrogen-bond donors (Lipinski definition) is 2. The van der Waals surface area contributed by atoms with Crippen LogP contribution in [0.15, 0.2) is 5.38 Å². The molecular weight excluding hydrogens is 276 g/mol. The molecule has 5 nitrogen and oxygen atoms in total. The van der Waals surface area contributed by atoms with Crippen molar-refractivity contribution in [1.29, 1.82) is 0 Å². The van der Waals surface area contributed by atoms with Crippen LogP contribution in [0.2, 0.25) is 0 Å². The molecule has 0 bridgehead atoms. The highest BCUT2D eigenvalue weighted by Crippen LogP contribution is 2.24. The standard InChI is InChI=1S/C14H22N2O3S/c1-10(2)11-8-20-12(15-11)13(18)16-6-3-4-14(19,9-17)5-7-16/h8,10,17,19H,3-7,9H2,1-2H3/t14-/m0/s1. The maximum absolute atomic E-state index is 12.4. The molecule has 1 aromatic heterocycles. The van der Waals surface area contributed by atoms with E-state index in [0.717, 1.165) is 5.69 Å². The van der Waals surface area contributed by atoms with Gasteiger partial charge in [-0.3, -0.25) is 4.79 Å². The van der Waals surface area contributed by atoms with E-state index in [2.05, 4.69) is 18.8 Å². The summed E-state index contributed by atoms with van der Waals surface area (Å²) in [6, 6.07) is 0. The van der Waals surface area contributed by atoms with Gasteiger partial charge < -0.3 is 15.1 Å². The van der Waals surface area contributed by atoms with Gasteiger partial charge in [0, 0.05) is 18.5 Å². The Labute approximate surface area is 123 Å². The largest absolute Gasteiger partial charge is 0.393 e. The van der Waals surface area contributed by atoms with Crippen LogP contribution in [-0.2, 0) is 0 Å². The second-order valence-electron chi connectivity index (χ2n) is 5.76. The second-order valence-corrected chi connectivity index (χ2v) is 6.62. The van der Waals surface area contributed by atoms with Crippen molar-refractivity contribution in [3.63, 3.8) is 0 Å². The van der Waals surface area contributed by atoms with Gasteiger partial charge in [-0.05, 0) is 25.2 Å². The van der Waals surface area contributed by atoms with E-state index in [4.69, 9.17) is 0 Å². The molecule has 0 aromatic carbocycles. The Bertz CT molecular complexity index is 475. The summed E-state index contributed by atoms with van der Waals surface area (Å²) >= 11 is 1.38. The molecule has 1 aromatic rings. The Hall–Kier alpha value is -0.980. The van der Waals surface area contributed by atoms with Crippen molar-refractivity contribution in [3.05, 3.63) is 16.1 Å². The van der Waals surface area contributed by atoms with Crippen molar-refractivity contribution in [3.8, 4) is 0 Å². The van der Waals surface area contributed by atoms with E-state index < -0.39 is 5.60 Å². The van der Waals surface area contributed by atoms with Crippen molar-refractivity contribution >= 4 is 17.2 Å². The fourth-order valence-corrected chi connectivity index (χ4v) is 3.27. The molecule has 1 amide bonds. The number of carbonyl (C=O) groups is 1. The van der Waals surface area contributed by atoms with Gasteiger partial charge in [0.2, 0.25) is 0 Å². The normalized spacial score (nSPS) is 23.9. The molecule has 0 spiro atoms. The molecule has 1 atom stereocenters. The molecule has 2 N–H and O–H groups in total. The summed E-state index contributed by atoms with van der Waals surface area (Å²) in [5.41, 5.74) is -0.0962. The Kier molecular flexibility index (Phi) is 4.78. The first kappa shape index (κ1) is 15.4. The average molecular weight is 298 g/mol. The van der Waals surface area contributed by atoms with Crippen LogP contribution in [0.4, 0.5) is 0 Å². The van der Waals surface area contributed by atoms with Crippen LogP contribution in [0.3, 0.4) is 0 Å². The van der Waals surface area contributed by atoms with Gasteiger partial charge in [-0.2, -0.15) is 0 Å². The molecule has 6 heteroatoms. The molecule has 1 aliphatic heterocycles. The lowest BCUT2D eigenvalue weighted by Gasteiger charge is -2.24. The summed E-state index contributed by atoms with van der Waals surface area (Å²) in [5, 5.41) is 21.8. The van der Waals surface area contributed by atoms with Gasteiger partial charge >= 0.3 is 0 Å². The predicted molar refractivity (Wildman–Crippen MR) is 78.0 cm³/mol. The van der Waals surface area contributed by atoms with Crippen LogP contribution >= 0.6 is 11.3 Å². The van der Waals surface area contributed by atoms with Gasteiger partial charge in [-0.25, -0.2) is 4.98 Å². The number of nitrogens with zero attached hydrogens (tertiary/aromatic N) is 2. The van der Waals surface area contributed by atoms with E-state index >= 15 is 0 Å². The number of aromatic nitrogens is 1. The minimum absolute atomic E-state index is 0.0657. The van der Waals surface area contributed by atoms with Gasteiger partial charge in [-0.15, -0.1) is 11.3 Å². The smallest absolute Gasteiger partial charge is 0.282 e. The first-order chi connectivity index (χ1) is 9.45. The van der Waals surface area contributed by atoms with Crippen LogP contribution in [0, 0.1) is 0 Å². The molecule has 0 radical (unpaired) electrons. The van der Waals surface area contributed by atoms with Crippen molar-refractivity contribution in [2.45, 2.75) is 44.6 Å². The van der Waals surface area contributed by atoms with Crippen molar-refractivity contribution in [2.75, 3.05) is 19.7 Å². The van der Waals surface area contributed by atoms with Crippen LogP contribution < -0.4 is 0 Å². The van der Waals surface area contributed by atoms with Gasteiger partial charge in [0.05, 0.1) is 17.9 Å². The van der Waals surface area contributed by atoms with Crippen LogP contribution in [0.5, 0.6) is 0 Å². The monoisotopic (exact) mass is 298 g/mol. The predicted octanol–water partition coefficient (Wildman–Crippen LogP) is 1.62. The fraction of sp³-hybridized carbons (Fsp3) is 0.714. The molecule has 2 heterocycles. The summed E-state index contributed by atoms with van der Waals surface area (Å²) in [4.78, 5) is 18.5. The van der Waals surface area contributed by atoms with Gasteiger partial charge in [0.1, 0.15) is 0 Å². The fourth-order valence-electron chi connectivity index (χ4n) is 2.32.